The van der Waals surface area contributed by atoms with Crippen molar-refractivity contribution >= 4 is 5.65 Å². The van der Waals surface area contributed by atoms with Gasteiger partial charge in [-0.2, -0.15) is 5.10 Å². The second-order valence-electron chi connectivity index (χ2n) is 8.78. The van der Waals surface area contributed by atoms with Gasteiger partial charge in [0.15, 0.2) is 0 Å². The average Bonchev–Trinajstić information content (AvgIpc) is 3.59. The Kier molecular flexibility index (Phi) is 5.34. The number of nitrogens with zero attached hydrogens (tertiary/aromatic N) is 8. The minimum Gasteiger partial charge on any atom is -0.312 e. The van der Waals surface area contributed by atoms with Crippen molar-refractivity contribution in [3.8, 4) is 16.9 Å². The quantitative estimate of drug-likeness (QED) is 0.385. The molecule has 34 heavy (non-hydrogen) atoms. The highest BCUT2D eigenvalue weighted by molar-refractivity contribution is 5.59. The van der Waals surface area contributed by atoms with E-state index in [0.29, 0.717) is 25.3 Å². The van der Waals surface area contributed by atoms with Gasteiger partial charge in [0, 0.05) is 43.1 Å². The summed E-state index contributed by atoms with van der Waals surface area (Å²) in [7, 11) is 0. The number of nitrogens with one attached hydrogen (secondary N) is 1. The smallest absolute Gasteiger partial charge is 0.137 e. The molecule has 1 aliphatic rings. The van der Waals surface area contributed by atoms with E-state index in [1.165, 1.54) is 5.56 Å². The Bertz CT molecular complexity index is 1400. The van der Waals surface area contributed by atoms with Crippen LogP contribution in [0.25, 0.3) is 22.6 Å². The van der Waals surface area contributed by atoms with Gasteiger partial charge in [-0.25, -0.2) is 18.7 Å². The second kappa shape index (κ2) is 8.79. The summed E-state index contributed by atoms with van der Waals surface area (Å²) in [6.45, 7) is 2.14. The summed E-state index contributed by atoms with van der Waals surface area (Å²) < 4.78 is 18.5. The molecule has 0 aliphatic heterocycles. The summed E-state index contributed by atoms with van der Waals surface area (Å²) in [5.41, 5.74) is 5.42. The van der Waals surface area contributed by atoms with Crippen molar-refractivity contribution in [3.63, 3.8) is 0 Å². The lowest BCUT2D eigenvalue weighted by atomic mass is 9.83. The number of pyridine rings is 2. The van der Waals surface area contributed by atoms with Crippen LogP contribution in [0.15, 0.2) is 67.6 Å². The molecule has 0 spiro atoms. The molecule has 0 saturated heterocycles. The summed E-state index contributed by atoms with van der Waals surface area (Å²) in [6.07, 6.45) is 13.9. The van der Waals surface area contributed by atoms with Crippen molar-refractivity contribution in [1.29, 1.82) is 0 Å². The van der Waals surface area contributed by atoms with E-state index < -0.39 is 6.17 Å². The van der Waals surface area contributed by atoms with Crippen LogP contribution in [0.1, 0.15) is 24.1 Å². The second-order valence-corrected chi connectivity index (χ2v) is 8.78. The number of imidazole rings is 1. The average molecular weight is 458 g/mol. The van der Waals surface area contributed by atoms with Gasteiger partial charge in [0.25, 0.3) is 0 Å². The molecule has 172 valence electrons. The van der Waals surface area contributed by atoms with Crippen LogP contribution in [-0.2, 0) is 13.1 Å². The van der Waals surface area contributed by atoms with E-state index in [1.54, 1.807) is 28.0 Å². The number of hydrogen-bond donors (Lipinski definition) is 1. The van der Waals surface area contributed by atoms with Crippen molar-refractivity contribution in [2.75, 3.05) is 6.54 Å². The van der Waals surface area contributed by atoms with Gasteiger partial charge in [-0.1, -0.05) is 11.3 Å². The van der Waals surface area contributed by atoms with E-state index in [0.717, 1.165) is 41.4 Å². The fourth-order valence-electron chi connectivity index (χ4n) is 4.30. The molecule has 5 aromatic rings. The van der Waals surface area contributed by atoms with Crippen LogP contribution in [0.3, 0.4) is 0 Å². The maximum Gasteiger partial charge on any atom is 0.137 e. The molecule has 0 amide bonds. The van der Waals surface area contributed by atoms with E-state index in [9.17, 15) is 4.39 Å². The van der Waals surface area contributed by atoms with Crippen molar-refractivity contribution in [2.45, 2.75) is 32.1 Å². The molecule has 5 heterocycles. The Hall–Kier alpha value is -3.92. The zero-order valence-corrected chi connectivity index (χ0v) is 18.5. The summed E-state index contributed by atoms with van der Waals surface area (Å²) in [4.78, 5) is 9.02. The molecule has 1 fully saturated rings. The number of fused-ring (bicyclic) bond motifs is 1. The first-order chi connectivity index (χ1) is 16.7. The molecule has 9 nitrogen and oxygen atoms in total. The summed E-state index contributed by atoms with van der Waals surface area (Å²) in [5.74, 6) is 0.468. The normalized spacial score (nSPS) is 17.8. The zero-order valence-electron chi connectivity index (χ0n) is 18.5. The van der Waals surface area contributed by atoms with E-state index in [1.807, 2.05) is 41.2 Å². The first-order valence-corrected chi connectivity index (χ1v) is 11.4. The molecule has 1 aliphatic carbocycles. The van der Waals surface area contributed by atoms with Gasteiger partial charge >= 0.3 is 0 Å². The fourth-order valence-corrected chi connectivity index (χ4v) is 4.30. The van der Waals surface area contributed by atoms with Crippen LogP contribution in [0.2, 0.25) is 0 Å². The third-order valence-corrected chi connectivity index (χ3v) is 6.15. The van der Waals surface area contributed by atoms with Gasteiger partial charge in [-0.05, 0) is 49.1 Å². The van der Waals surface area contributed by atoms with Crippen molar-refractivity contribution < 1.29 is 4.39 Å². The van der Waals surface area contributed by atoms with Crippen molar-refractivity contribution in [3.05, 3.63) is 78.9 Å². The Morgan fingerprint density at radius 2 is 2.06 bits per heavy atom. The molecule has 6 rings (SSSR count). The first kappa shape index (κ1) is 20.7. The molecule has 0 unspecified atom stereocenters. The molecule has 10 heteroatoms. The van der Waals surface area contributed by atoms with Gasteiger partial charge in [0.1, 0.15) is 17.5 Å². The zero-order chi connectivity index (χ0) is 22.9. The molecular weight excluding hydrogens is 433 g/mol. The maximum atomic E-state index is 13.0. The Labute approximate surface area is 195 Å². The van der Waals surface area contributed by atoms with Crippen LogP contribution in [-0.4, -0.2) is 51.9 Å². The van der Waals surface area contributed by atoms with E-state index in [2.05, 4.69) is 38.0 Å². The molecule has 0 aromatic carbocycles. The Balaban J connectivity index is 1.12. The predicted molar refractivity (Wildman–Crippen MR) is 124 cm³/mol. The summed E-state index contributed by atoms with van der Waals surface area (Å²) in [6, 6.07) is 7.94. The topological polar surface area (TPSA) is 90.8 Å². The van der Waals surface area contributed by atoms with Gasteiger partial charge in [-0.15, -0.1) is 5.10 Å². The molecule has 0 radical (unpaired) electrons. The van der Waals surface area contributed by atoms with Crippen LogP contribution in [0.4, 0.5) is 4.39 Å². The Morgan fingerprint density at radius 1 is 1.12 bits per heavy atom. The summed E-state index contributed by atoms with van der Waals surface area (Å²) >= 11 is 0. The van der Waals surface area contributed by atoms with E-state index >= 15 is 0 Å². The number of rotatable bonds is 8. The third kappa shape index (κ3) is 4.32. The molecule has 1 N–H and O–H groups in total. The standard InChI is InChI=1S/C24H24FN9/c25-20-6-18(7-20)10-26-9-17-2-3-24-29-21(14-32(24)13-17)15-33-16-23(30-31-33)19-8-22(12-27-11-19)34-5-1-4-28-34/h1-5,8,11-14,16,18,20,26H,6-7,9-10,15H2. The van der Waals surface area contributed by atoms with Crippen LogP contribution >= 0.6 is 0 Å². The minimum absolute atomic E-state index is 0.468. The highest BCUT2D eigenvalue weighted by Gasteiger charge is 2.28. The molecule has 0 bridgehead atoms. The number of alkyl halides is 1. The predicted octanol–water partition coefficient (Wildman–Crippen LogP) is 3.06. The molecular formula is C24H24FN9. The SMILES string of the molecule is FC1CC(CNCc2ccc3nc(Cn4cc(-c5cncc(-n6cccn6)c5)nn4)cn3c2)C1. The van der Waals surface area contributed by atoms with Crippen LogP contribution in [0, 0.1) is 5.92 Å². The number of aromatic nitrogens is 8. The van der Waals surface area contributed by atoms with Crippen molar-refractivity contribution in [1.82, 2.24) is 44.5 Å². The summed E-state index contributed by atoms with van der Waals surface area (Å²) in [5, 5.41) is 16.3. The lowest BCUT2D eigenvalue weighted by Crippen LogP contribution is -2.33. The molecule has 1 saturated carbocycles. The lowest BCUT2D eigenvalue weighted by Gasteiger charge is -2.29. The highest BCUT2D eigenvalue weighted by Crippen LogP contribution is 2.29. The maximum absolute atomic E-state index is 13.0. The molecule has 0 atom stereocenters. The van der Waals surface area contributed by atoms with E-state index in [4.69, 9.17) is 4.98 Å². The number of hydrogen-bond acceptors (Lipinski definition) is 6. The number of halogens is 1. The minimum atomic E-state index is -0.600. The van der Waals surface area contributed by atoms with Crippen LogP contribution < -0.4 is 5.32 Å². The Morgan fingerprint density at radius 3 is 2.91 bits per heavy atom. The van der Waals surface area contributed by atoms with Gasteiger partial charge in [0.2, 0.25) is 0 Å². The monoisotopic (exact) mass is 457 g/mol. The lowest BCUT2D eigenvalue weighted by molar-refractivity contribution is 0.129. The highest BCUT2D eigenvalue weighted by atomic mass is 19.1. The van der Waals surface area contributed by atoms with Gasteiger partial charge in [0.05, 0.1) is 30.3 Å². The fraction of sp³-hybridized carbons (Fsp3) is 0.292. The first-order valence-electron chi connectivity index (χ1n) is 11.4. The van der Waals surface area contributed by atoms with Crippen molar-refractivity contribution in [2.24, 2.45) is 5.92 Å². The van der Waals surface area contributed by atoms with E-state index in [-0.39, 0.29) is 0 Å². The largest absolute Gasteiger partial charge is 0.312 e. The van der Waals surface area contributed by atoms with Gasteiger partial charge in [-0.3, -0.25) is 4.98 Å². The van der Waals surface area contributed by atoms with Crippen LogP contribution in [0.5, 0.6) is 0 Å². The van der Waals surface area contributed by atoms with Gasteiger partial charge < -0.3 is 9.72 Å². The third-order valence-electron chi connectivity index (χ3n) is 6.15. The molecule has 5 aromatic heterocycles.